The Hall–Kier alpha value is -3.35. The van der Waals surface area contributed by atoms with Crippen LogP contribution in [0.5, 0.6) is 5.75 Å². The van der Waals surface area contributed by atoms with E-state index in [9.17, 15) is 14.4 Å². The lowest BCUT2D eigenvalue weighted by Gasteiger charge is -2.21. The van der Waals surface area contributed by atoms with E-state index < -0.39 is 5.97 Å². The number of nitrogens with one attached hydrogen (secondary N) is 2. The molecule has 0 spiro atoms. The summed E-state index contributed by atoms with van der Waals surface area (Å²) in [7, 11) is 0. The van der Waals surface area contributed by atoms with Crippen molar-refractivity contribution in [3.05, 3.63) is 59.2 Å². The Morgan fingerprint density at radius 2 is 1.84 bits per heavy atom. The quantitative estimate of drug-likeness (QED) is 0.791. The lowest BCUT2D eigenvalue weighted by atomic mass is 10.1. The molecule has 7 nitrogen and oxygen atoms in total. The Labute approximate surface area is 143 Å². The van der Waals surface area contributed by atoms with Gasteiger partial charge in [-0.2, -0.15) is 0 Å². The molecule has 2 amide bonds. The van der Waals surface area contributed by atoms with Gasteiger partial charge in [0.1, 0.15) is 5.75 Å². The van der Waals surface area contributed by atoms with Crippen LogP contribution in [-0.2, 0) is 4.79 Å². The molecule has 1 unspecified atom stereocenters. The molecule has 3 N–H and O–H groups in total. The fourth-order valence-electron chi connectivity index (χ4n) is 2.50. The van der Waals surface area contributed by atoms with Gasteiger partial charge in [0, 0.05) is 5.56 Å². The van der Waals surface area contributed by atoms with Crippen molar-refractivity contribution in [1.82, 2.24) is 5.32 Å². The predicted octanol–water partition coefficient (Wildman–Crippen LogP) is 2.21. The summed E-state index contributed by atoms with van der Waals surface area (Å²) in [5.41, 5.74) is 1.86. The fourth-order valence-corrected chi connectivity index (χ4v) is 2.50. The van der Waals surface area contributed by atoms with Crippen molar-refractivity contribution in [1.29, 1.82) is 0 Å². The van der Waals surface area contributed by atoms with Crippen molar-refractivity contribution in [2.24, 2.45) is 0 Å². The first kappa shape index (κ1) is 16.5. The van der Waals surface area contributed by atoms with Crippen LogP contribution >= 0.6 is 0 Å². The molecule has 7 heteroatoms. The largest absolute Gasteiger partial charge is 0.482 e. The first-order valence-corrected chi connectivity index (χ1v) is 7.65. The van der Waals surface area contributed by atoms with Gasteiger partial charge in [0.05, 0.1) is 17.3 Å². The van der Waals surface area contributed by atoms with E-state index >= 15 is 0 Å². The van der Waals surface area contributed by atoms with Crippen molar-refractivity contribution < 1.29 is 24.2 Å². The monoisotopic (exact) mass is 340 g/mol. The number of aromatic carboxylic acids is 1. The lowest BCUT2D eigenvalue weighted by Crippen LogP contribution is -2.28. The highest BCUT2D eigenvalue weighted by atomic mass is 16.5. The minimum atomic E-state index is -1.04. The summed E-state index contributed by atoms with van der Waals surface area (Å²) in [6.07, 6.45) is 0. The average Bonchev–Trinajstić information content (AvgIpc) is 2.61. The average molecular weight is 340 g/mol. The molecule has 0 radical (unpaired) electrons. The SMILES string of the molecule is CC(NC(=O)c1ccc(C(=O)O)cc1)c1ccc2c(c1)NC(=O)CO2. The summed E-state index contributed by atoms with van der Waals surface area (Å²) in [4.78, 5) is 34.5. The van der Waals surface area contributed by atoms with Gasteiger partial charge in [0.2, 0.25) is 0 Å². The van der Waals surface area contributed by atoms with Gasteiger partial charge in [0.25, 0.3) is 11.8 Å². The molecule has 1 aliphatic rings. The molecule has 0 saturated carbocycles. The number of ether oxygens (including phenoxy) is 1. The Morgan fingerprint density at radius 1 is 1.16 bits per heavy atom. The zero-order valence-electron chi connectivity index (χ0n) is 13.4. The molecule has 0 aliphatic carbocycles. The number of rotatable bonds is 4. The highest BCUT2D eigenvalue weighted by molar-refractivity contribution is 5.97. The molecule has 0 saturated heterocycles. The molecule has 2 aromatic carbocycles. The fraction of sp³-hybridized carbons (Fsp3) is 0.167. The topological polar surface area (TPSA) is 105 Å². The van der Waals surface area contributed by atoms with Gasteiger partial charge in [-0.1, -0.05) is 6.07 Å². The van der Waals surface area contributed by atoms with Crippen LogP contribution in [0.15, 0.2) is 42.5 Å². The van der Waals surface area contributed by atoms with Gasteiger partial charge in [-0.05, 0) is 48.9 Å². The molecule has 0 bridgehead atoms. The number of amides is 2. The zero-order valence-corrected chi connectivity index (χ0v) is 13.4. The molecule has 1 heterocycles. The second kappa shape index (κ2) is 6.64. The summed E-state index contributed by atoms with van der Waals surface area (Å²) < 4.78 is 5.30. The van der Waals surface area contributed by atoms with Crippen molar-refractivity contribution >= 4 is 23.5 Å². The number of carboxylic acid groups (broad SMARTS) is 1. The van der Waals surface area contributed by atoms with E-state index in [1.54, 1.807) is 12.1 Å². The molecular formula is C18H16N2O5. The molecule has 128 valence electrons. The van der Waals surface area contributed by atoms with Crippen molar-refractivity contribution in [2.75, 3.05) is 11.9 Å². The predicted molar refractivity (Wildman–Crippen MR) is 89.8 cm³/mol. The number of carbonyl (C=O) groups excluding carboxylic acids is 2. The third-order valence-corrected chi connectivity index (χ3v) is 3.88. The minimum Gasteiger partial charge on any atom is -0.482 e. The van der Waals surface area contributed by atoms with Crippen LogP contribution in [0, 0.1) is 0 Å². The van der Waals surface area contributed by atoms with E-state index in [2.05, 4.69) is 10.6 Å². The number of hydrogen-bond acceptors (Lipinski definition) is 4. The van der Waals surface area contributed by atoms with Gasteiger partial charge < -0.3 is 20.5 Å². The molecule has 3 rings (SSSR count). The third-order valence-electron chi connectivity index (χ3n) is 3.88. The van der Waals surface area contributed by atoms with E-state index in [0.717, 1.165) is 5.56 Å². The van der Waals surface area contributed by atoms with Crippen LogP contribution in [0.25, 0.3) is 0 Å². The number of fused-ring (bicyclic) bond motifs is 1. The minimum absolute atomic E-state index is 0.00895. The highest BCUT2D eigenvalue weighted by Crippen LogP contribution is 2.30. The first-order chi connectivity index (χ1) is 11.9. The van der Waals surface area contributed by atoms with Crippen LogP contribution in [0.3, 0.4) is 0 Å². The molecule has 0 aromatic heterocycles. The van der Waals surface area contributed by atoms with Gasteiger partial charge in [-0.25, -0.2) is 4.79 Å². The van der Waals surface area contributed by atoms with Crippen LogP contribution in [0.4, 0.5) is 5.69 Å². The van der Waals surface area contributed by atoms with E-state index in [1.807, 2.05) is 13.0 Å². The number of hydrogen-bond donors (Lipinski definition) is 3. The molecule has 2 aromatic rings. The Balaban J connectivity index is 1.72. The highest BCUT2D eigenvalue weighted by Gasteiger charge is 2.18. The molecule has 1 atom stereocenters. The van der Waals surface area contributed by atoms with Crippen LogP contribution < -0.4 is 15.4 Å². The van der Waals surface area contributed by atoms with E-state index in [4.69, 9.17) is 9.84 Å². The second-order valence-corrected chi connectivity index (χ2v) is 5.67. The summed E-state index contributed by atoms with van der Waals surface area (Å²) in [5.74, 6) is -0.993. The number of benzene rings is 2. The zero-order chi connectivity index (χ0) is 18.0. The summed E-state index contributed by atoms with van der Waals surface area (Å²) in [6, 6.07) is 10.7. The molecular weight excluding hydrogens is 324 g/mol. The van der Waals surface area contributed by atoms with Gasteiger partial charge in [-0.3, -0.25) is 9.59 Å². The van der Waals surface area contributed by atoms with Gasteiger partial charge >= 0.3 is 5.97 Å². The maximum atomic E-state index is 12.3. The van der Waals surface area contributed by atoms with Gasteiger partial charge in [-0.15, -0.1) is 0 Å². The lowest BCUT2D eigenvalue weighted by molar-refractivity contribution is -0.118. The van der Waals surface area contributed by atoms with Crippen molar-refractivity contribution in [3.8, 4) is 5.75 Å². The van der Waals surface area contributed by atoms with Crippen LogP contribution in [0.2, 0.25) is 0 Å². The number of carbonyl (C=O) groups is 3. The summed E-state index contributed by atoms with van der Waals surface area (Å²) >= 11 is 0. The smallest absolute Gasteiger partial charge is 0.335 e. The normalized spacial score (nSPS) is 13.9. The first-order valence-electron chi connectivity index (χ1n) is 7.65. The number of carboxylic acids is 1. The third kappa shape index (κ3) is 3.60. The summed E-state index contributed by atoms with van der Waals surface area (Å²) in [6.45, 7) is 1.81. The Morgan fingerprint density at radius 3 is 2.52 bits per heavy atom. The maximum absolute atomic E-state index is 12.3. The molecule has 0 fully saturated rings. The number of anilines is 1. The van der Waals surface area contributed by atoms with E-state index in [1.165, 1.54) is 24.3 Å². The van der Waals surface area contributed by atoms with Crippen molar-refractivity contribution in [3.63, 3.8) is 0 Å². The van der Waals surface area contributed by atoms with Crippen LogP contribution in [0.1, 0.15) is 39.2 Å². The van der Waals surface area contributed by atoms with Crippen LogP contribution in [-0.4, -0.2) is 29.5 Å². The Kier molecular flexibility index (Phi) is 4.38. The van der Waals surface area contributed by atoms with Gasteiger partial charge in [0.15, 0.2) is 6.61 Å². The van der Waals surface area contributed by atoms with E-state index in [0.29, 0.717) is 17.0 Å². The van der Waals surface area contributed by atoms with Crippen molar-refractivity contribution in [2.45, 2.75) is 13.0 Å². The Bertz CT molecular complexity index is 845. The maximum Gasteiger partial charge on any atom is 0.335 e. The summed E-state index contributed by atoms with van der Waals surface area (Å²) in [5, 5.41) is 14.4. The second-order valence-electron chi connectivity index (χ2n) is 5.67. The standard InChI is InChI=1S/C18H16N2O5/c1-10(13-6-7-15-14(8-13)20-16(21)9-25-15)19-17(22)11-2-4-12(5-3-11)18(23)24/h2-8,10H,9H2,1H3,(H,19,22)(H,20,21)(H,23,24). The molecule has 1 aliphatic heterocycles. The van der Waals surface area contributed by atoms with E-state index in [-0.39, 0.29) is 30.0 Å². The molecule has 25 heavy (non-hydrogen) atoms.